The van der Waals surface area contributed by atoms with Gasteiger partial charge in [0.2, 0.25) is 0 Å². The van der Waals surface area contributed by atoms with Crippen LogP contribution in [0.5, 0.6) is 0 Å². The Morgan fingerprint density at radius 1 is 1.39 bits per heavy atom. The predicted molar refractivity (Wildman–Crippen MR) is 74.0 cm³/mol. The standard InChI is InChI=1S/C15H24N2O/c1-4-5-6-9-16-15(18)14-10-11(2)17(12(14)3)13-7-8-13/h10,13H,4-9H2,1-3H3,(H,16,18). The molecule has 3 nitrogen and oxygen atoms in total. The SMILES string of the molecule is CCCCCNC(=O)c1cc(C)n(C2CC2)c1C. The number of hydrogen-bond acceptors (Lipinski definition) is 1. The topological polar surface area (TPSA) is 34.0 Å². The van der Waals surface area contributed by atoms with Crippen LogP contribution >= 0.6 is 0 Å². The van der Waals surface area contributed by atoms with Gasteiger partial charge in [0.05, 0.1) is 5.56 Å². The summed E-state index contributed by atoms with van der Waals surface area (Å²) in [7, 11) is 0. The number of unbranched alkanes of at least 4 members (excludes halogenated alkanes) is 2. The number of aromatic nitrogens is 1. The maximum atomic E-state index is 12.1. The van der Waals surface area contributed by atoms with E-state index in [1.165, 1.54) is 31.4 Å². The van der Waals surface area contributed by atoms with Gasteiger partial charge in [-0.05, 0) is 39.2 Å². The van der Waals surface area contributed by atoms with Crippen LogP contribution < -0.4 is 5.32 Å². The van der Waals surface area contributed by atoms with Crippen molar-refractivity contribution < 1.29 is 4.79 Å². The lowest BCUT2D eigenvalue weighted by molar-refractivity contribution is 0.0952. The number of rotatable bonds is 6. The van der Waals surface area contributed by atoms with Gasteiger partial charge in [0.15, 0.2) is 0 Å². The molecule has 0 saturated heterocycles. The Balaban J connectivity index is 1.99. The molecule has 0 aromatic carbocycles. The van der Waals surface area contributed by atoms with Crippen LogP contribution in [0, 0.1) is 13.8 Å². The van der Waals surface area contributed by atoms with Crippen molar-refractivity contribution in [1.29, 1.82) is 0 Å². The molecule has 1 heterocycles. The Labute approximate surface area is 110 Å². The van der Waals surface area contributed by atoms with E-state index < -0.39 is 0 Å². The van der Waals surface area contributed by atoms with Crippen molar-refractivity contribution in [2.75, 3.05) is 6.54 Å². The molecule has 2 rings (SSSR count). The summed E-state index contributed by atoms with van der Waals surface area (Å²) in [5, 5.41) is 3.02. The zero-order chi connectivity index (χ0) is 13.1. The molecule has 1 N–H and O–H groups in total. The molecule has 0 radical (unpaired) electrons. The summed E-state index contributed by atoms with van der Waals surface area (Å²) >= 11 is 0. The quantitative estimate of drug-likeness (QED) is 0.770. The monoisotopic (exact) mass is 248 g/mol. The second kappa shape index (κ2) is 5.59. The van der Waals surface area contributed by atoms with Gasteiger partial charge in [0, 0.05) is 24.0 Å². The van der Waals surface area contributed by atoms with E-state index in [0.717, 1.165) is 24.2 Å². The largest absolute Gasteiger partial charge is 0.352 e. The maximum Gasteiger partial charge on any atom is 0.253 e. The molecule has 100 valence electrons. The third kappa shape index (κ3) is 2.77. The van der Waals surface area contributed by atoms with E-state index >= 15 is 0 Å². The molecule has 18 heavy (non-hydrogen) atoms. The van der Waals surface area contributed by atoms with E-state index in [9.17, 15) is 4.79 Å². The molecule has 1 fully saturated rings. The van der Waals surface area contributed by atoms with Gasteiger partial charge in [-0.15, -0.1) is 0 Å². The lowest BCUT2D eigenvalue weighted by Crippen LogP contribution is -2.24. The van der Waals surface area contributed by atoms with Gasteiger partial charge in [-0.1, -0.05) is 19.8 Å². The van der Waals surface area contributed by atoms with Crippen LogP contribution in [0.2, 0.25) is 0 Å². The van der Waals surface area contributed by atoms with E-state index in [4.69, 9.17) is 0 Å². The van der Waals surface area contributed by atoms with Crippen LogP contribution in [0.25, 0.3) is 0 Å². The highest BCUT2D eigenvalue weighted by atomic mass is 16.1. The van der Waals surface area contributed by atoms with Crippen LogP contribution in [0.15, 0.2) is 6.07 Å². The zero-order valence-corrected chi connectivity index (χ0v) is 11.8. The van der Waals surface area contributed by atoms with Gasteiger partial charge in [0.25, 0.3) is 5.91 Å². The molecular formula is C15H24N2O. The van der Waals surface area contributed by atoms with Crippen molar-refractivity contribution in [1.82, 2.24) is 9.88 Å². The van der Waals surface area contributed by atoms with E-state index in [1.54, 1.807) is 0 Å². The number of aryl methyl sites for hydroxylation is 1. The van der Waals surface area contributed by atoms with E-state index in [0.29, 0.717) is 6.04 Å². The Kier molecular flexibility index (Phi) is 4.10. The molecule has 0 bridgehead atoms. The Morgan fingerprint density at radius 2 is 2.11 bits per heavy atom. The van der Waals surface area contributed by atoms with Gasteiger partial charge >= 0.3 is 0 Å². The van der Waals surface area contributed by atoms with Crippen LogP contribution in [-0.4, -0.2) is 17.0 Å². The normalized spacial score (nSPS) is 14.8. The van der Waals surface area contributed by atoms with Crippen LogP contribution in [0.4, 0.5) is 0 Å². The minimum Gasteiger partial charge on any atom is -0.352 e. The first-order valence-electron chi connectivity index (χ1n) is 7.11. The fraction of sp³-hybridized carbons (Fsp3) is 0.667. The molecule has 1 aromatic rings. The second-order valence-electron chi connectivity index (χ2n) is 5.35. The van der Waals surface area contributed by atoms with E-state index in [1.807, 2.05) is 6.07 Å². The lowest BCUT2D eigenvalue weighted by Gasteiger charge is -2.08. The maximum absolute atomic E-state index is 12.1. The number of nitrogens with zero attached hydrogens (tertiary/aromatic N) is 1. The first kappa shape index (κ1) is 13.2. The zero-order valence-electron chi connectivity index (χ0n) is 11.8. The molecule has 3 heteroatoms. The highest BCUT2D eigenvalue weighted by molar-refractivity contribution is 5.95. The van der Waals surface area contributed by atoms with Crippen molar-refractivity contribution in [3.05, 3.63) is 23.0 Å². The van der Waals surface area contributed by atoms with Crippen molar-refractivity contribution >= 4 is 5.91 Å². The molecule has 1 aliphatic carbocycles. The Bertz CT molecular complexity index is 430. The Morgan fingerprint density at radius 3 is 2.72 bits per heavy atom. The first-order chi connectivity index (χ1) is 8.65. The Hall–Kier alpha value is -1.25. The summed E-state index contributed by atoms with van der Waals surface area (Å²) in [4.78, 5) is 12.1. The fourth-order valence-corrected chi connectivity index (χ4v) is 2.57. The third-order valence-electron chi connectivity index (χ3n) is 3.71. The highest BCUT2D eigenvalue weighted by Gasteiger charge is 2.28. The molecule has 0 unspecified atom stereocenters. The summed E-state index contributed by atoms with van der Waals surface area (Å²) in [5.74, 6) is 0.0890. The molecule has 0 spiro atoms. The average Bonchev–Trinajstić information content (AvgIpc) is 3.11. The number of carbonyl (C=O) groups is 1. The number of hydrogen-bond donors (Lipinski definition) is 1. The molecule has 1 saturated carbocycles. The lowest BCUT2D eigenvalue weighted by atomic mass is 10.2. The molecular weight excluding hydrogens is 224 g/mol. The number of nitrogens with one attached hydrogen (secondary N) is 1. The molecule has 0 atom stereocenters. The van der Waals surface area contributed by atoms with Crippen molar-refractivity contribution in [2.24, 2.45) is 0 Å². The van der Waals surface area contributed by atoms with Gasteiger partial charge in [0.1, 0.15) is 0 Å². The van der Waals surface area contributed by atoms with Gasteiger partial charge in [-0.25, -0.2) is 0 Å². The fourth-order valence-electron chi connectivity index (χ4n) is 2.57. The number of carbonyl (C=O) groups excluding carboxylic acids is 1. The number of amides is 1. The minimum absolute atomic E-state index is 0.0890. The molecule has 1 aromatic heterocycles. The van der Waals surface area contributed by atoms with Crippen LogP contribution in [-0.2, 0) is 0 Å². The van der Waals surface area contributed by atoms with E-state index in [-0.39, 0.29) is 5.91 Å². The highest BCUT2D eigenvalue weighted by Crippen LogP contribution is 2.38. The summed E-state index contributed by atoms with van der Waals surface area (Å²) in [6, 6.07) is 2.68. The van der Waals surface area contributed by atoms with Crippen molar-refractivity contribution in [3.8, 4) is 0 Å². The second-order valence-corrected chi connectivity index (χ2v) is 5.35. The average molecular weight is 248 g/mol. The summed E-state index contributed by atoms with van der Waals surface area (Å²) in [6.07, 6.45) is 5.96. The summed E-state index contributed by atoms with van der Waals surface area (Å²) in [5.41, 5.74) is 3.20. The van der Waals surface area contributed by atoms with Crippen LogP contribution in [0.3, 0.4) is 0 Å². The van der Waals surface area contributed by atoms with Gasteiger partial charge < -0.3 is 9.88 Å². The third-order valence-corrected chi connectivity index (χ3v) is 3.71. The molecule has 1 aliphatic rings. The van der Waals surface area contributed by atoms with Crippen LogP contribution in [0.1, 0.15) is 66.8 Å². The van der Waals surface area contributed by atoms with Gasteiger partial charge in [-0.2, -0.15) is 0 Å². The smallest absolute Gasteiger partial charge is 0.253 e. The first-order valence-corrected chi connectivity index (χ1v) is 7.11. The summed E-state index contributed by atoms with van der Waals surface area (Å²) in [6.45, 7) is 7.12. The van der Waals surface area contributed by atoms with Crippen molar-refractivity contribution in [2.45, 2.75) is 58.9 Å². The molecule has 0 aliphatic heterocycles. The summed E-state index contributed by atoms with van der Waals surface area (Å²) < 4.78 is 2.32. The minimum atomic E-state index is 0.0890. The van der Waals surface area contributed by atoms with Crippen molar-refractivity contribution in [3.63, 3.8) is 0 Å². The predicted octanol–water partition coefficient (Wildman–Crippen LogP) is 3.36. The molecule has 1 amide bonds. The van der Waals surface area contributed by atoms with E-state index in [2.05, 4.69) is 30.7 Å². The van der Waals surface area contributed by atoms with Gasteiger partial charge in [-0.3, -0.25) is 4.79 Å².